The molecular formula is C15H17NO2. The van der Waals surface area contributed by atoms with Crippen molar-refractivity contribution in [1.82, 2.24) is 5.32 Å². The minimum Gasteiger partial charge on any atom is -0.453 e. The van der Waals surface area contributed by atoms with Crippen LogP contribution in [0.3, 0.4) is 0 Å². The van der Waals surface area contributed by atoms with E-state index >= 15 is 0 Å². The van der Waals surface area contributed by atoms with Crippen LogP contribution < -0.4 is 5.32 Å². The summed E-state index contributed by atoms with van der Waals surface area (Å²) >= 11 is 0. The van der Waals surface area contributed by atoms with Gasteiger partial charge in [-0.25, -0.2) is 4.79 Å². The van der Waals surface area contributed by atoms with Gasteiger partial charge in [0.2, 0.25) is 0 Å². The quantitative estimate of drug-likeness (QED) is 0.828. The van der Waals surface area contributed by atoms with Crippen LogP contribution >= 0.6 is 0 Å². The van der Waals surface area contributed by atoms with Crippen LogP contribution in [-0.4, -0.2) is 13.2 Å². The molecule has 3 nitrogen and oxygen atoms in total. The first-order valence-corrected chi connectivity index (χ1v) is 6.04. The van der Waals surface area contributed by atoms with E-state index in [0.29, 0.717) is 12.5 Å². The third kappa shape index (κ3) is 3.00. The van der Waals surface area contributed by atoms with E-state index in [1.54, 1.807) is 0 Å². The van der Waals surface area contributed by atoms with Gasteiger partial charge in [-0.1, -0.05) is 48.6 Å². The molecule has 0 unspecified atom stereocenters. The lowest BCUT2D eigenvalue weighted by Gasteiger charge is -2.16. The fraction of sp³-hybridized carbons (Fsp3) is 0.267. The van der Waals surface area contributed by atoms with E-state index in [4.69, 9.17) is 0 Å². The van der Waals surface area contributed by atoms with Crippen LogP contribution in [0.25, 0.3) is 0 Å². The second-order valence-electron chi connectivity index (χ2n) is 4.16. The third-order valence-electron chi connectivity index (χ3n) is 2.98. The molecule has 1 amide bonds. The van der Waals surface area contributed by atoms with Crippen LogP contribution in [0, 0.1) is 0 Å². The molecule has 3 heteroatoms. The third-order valence-corrected chi connectivity index (χ3v) is 2.98. The van der Waals surface area contributed by atoms with Crippen LogP contribution in [-0.2, 0) is 11.3 Å². The molecule has 2 rings (SSSR count). The van der Waals surface area contributed by atoms with Crippen LogP contribution in [0.5, 0.6) is 0 Å². The number of rotatable bonds is 3. The fourth-order valence-electron chi connectivity index (χ4n) is 2.06. The van der Waals surface area contributed by atoms with Crippen molar-refractivity contribution >= 4 is 6.09 Å². The average molecular weight is 243 g/mol. The van der Waals surface area contributed by atoms with Gasteiger partial charge >= 0.3 is 6.09 Å². The number of hydrogen-bond acceptors (Lipinski definition) is 2. The molecule has 0 aliphatic heterocycles. The Kier molecular flexibility index (Phi) is 4.18. The molecule has 94 valence electrons. The van der Waals surface area contributed by atoms with Crippen LogP contribution in [0.15, 0.2) is 48.6 Å². The molecule has 0 atom stereocenters. The highest BCUT2D eigenvalue weighted by Gasteiger charge is 2.11. The number of carbonyl (C=O) groups excluding carboxylic acids is 1. The maximum Gasteiger partial charge on any atom is 0.407 e. The van der Waals surface area contributed by atoms with E-state index in [1.807, 2.05) is 18.2 Å². The molecule has 0 aromatic heterocycles. The zero-order chi connectivity index (χ0) is 12.8. The maximum absolute atomic E-state index is 11.1. The monoisotopic (exact) mass is 243 g/mol. The highest BCUT2D eigenvalue weighted by atomic mass is 16.5. The summed E-state index contributed by atoms with van der Waals surface area (Å²) in [5, 5.41) is 2.72. The lowest BCUT2D eigenvalue weighted by atomic mass is 9.91. The number of methoxy groups -OCH3 is 1. The highest BCUT2D eigenvalue weighted by molar-refractivity contribution is 5.67. The van der Waals surface area contributed by atoms with E-state index in [2.05, 4.69) is 40.4 Å². The SMILES string of the molecule is COC(=O)NCc1ccccc1C1C=CCC=C1. The van der Waals surface area contributed by atoms with Gasteiger partial charge in [0, 0.05) is 12.5 Å². The first kappa shape index (κ1) is 12.4. The predicted octanol–water partition coefficient (Wildman–Crippen LogP) is 3.14. The molecule has 1 aliphatic rings. The molecule has 1 aromatic rings. The smallest absolute Gasteiger partial charge is 0.407 e. The van der Waals surface area contributed by atoms with Gasteiger partial charge in [-0.3, -0.25) is 0 Å². The molecule has 1 aliphatic carbocycles. The van der Waals surface area contributed by atoms with Gasteiger partial charge in [-0.05, 0) is 17.5 Å². The van der Waals surface area contributed by atoms with Crippen molar-refractivity contribution in [3.8, 4) is 0 Å². The van der Waals surface area contributed by atoms with Crippen LogP contribution in [0.1, 0.15) is 23.5 Å². The minimum absolute atomic E-state index is 0.300. The number of allylic oxidation sites excluding steroid dienone is 4. The summed E-state index contributed by atoms with van der Waals surface area (Å²) in [7, 11) is 1.37. The standard InChI is InChI=1S/C15H17NO2/c1-18-15(17)16-11-13-9-5-6-10-14(13)12-7-3-2-4-8-12/h3-10,12H,2,11H2,1H3,(H,16,17). The second-order valence-corrected chi connectivity index (χ2v) is 4.16. The summed E-state index contributed by atoms with van der Waals surface area (Å²) in [4.78, 5) is 11.1. The summed E-state index contributed by atoms with van der Waals surface area (Å²) in [6.07, 6.45) is 9.30. The molecule has 0 spiro atoms. The van der Waals surface area contributed by atoms with E-state index in [1.165, 1.54) is 12.7 Å². The molecule has 0 bridgehead atoms. The summed E-state index contributed by atoms with van der Waals surface area (Å²) in [5.41, 5.74) is 2.34. The molecule has 1 aromatic carbocycles. The number of nitrogens with one attached hydrogen (secondary N) is 1. The van der Waals surface area contributed by atoms with Gasteiger partial charge in [0.05, 0.1) is 7.11 Å². The summed E-state index contributed by atoms with van der Waals surface area (Å²) in [5.74, 6) is 0.300. The Labute approximate surface area is 107 Å². The summed E-state index contributed by atoms with van der Waals surface area (Å²) in [6, 6.07) is 8.13. The molecule has 0 saturated heterocycles. The molecule has 0 heterocycles. The van der Waals surface area contributed by atoms with E-state index in [0.717, 1.165) is 12.0 Å². The Hall–Kier alpha value is -2.03. The number of ether oxygens (including phenoxy) is 1. The van der Waals surface area contributed by atoms with Crippen molar-refractivity contribution in [3.63, 3.8) is 0 Å². The van der Waals surface area contributed by atoms with Gasteiger partial charge < -0.3 is 10.1 Å². The molecule has 1 N–H and O–H groups in total. The highest BCUT2D eigenvalue weighted by Crippen LogP contribution is 2.25. The number of alkyl carbamates (subject to hydrolysis) is 1. The molecular weight excluding hydrogens is 226 g/mol. The van der Waals surface area contributed by atoms with Crippen molar-refractivity contribution in [2.45, 2.75) is 18.9 Å². The first-order chi connectivity index (χ1) is 8.81. The normalized spacial score (nSPS) is 14.5. The van der Waals surface area contributed by atoms with E-state index in [9.17, 15) is 4.79 Å². The van der Waals surface area contributed by atoms with Gasteiger partial charge in [0.1, 0.15) is 0 Å². The number of carbonyl (C=O) groups is 1. The van der Waals surface area contributed by atoms with Gasteiger partial charge in [0.15, 0.2) is 0 Å². The van der Waals surface area contributed by atoms with Crippen molar-refractivity contribution < 1.29 is 9.53 Å². The lowest BCUT2D eigenvalue weighted by Crippen LogP contribution is -2.23. The first-order valence-electron chi connectivity index (χ1n) is 6.04. The molecule has 0 saturated carbocycles. The van der Waals surface area contributed by atoms with Crippen molar-refractivity contribution in [3.05, 3.63) is 59.7 Å². The molecule has 18 heavy (non-hydrogen) atoms. The Morgan fingerprint density at radius 2 is 2.06 bits per heavy atom. The van der Waals surface area contributed by atoms with Crippen LogP contribution in [0.4, 0.5) is 4.79 Å². The summed E-state index contributed by atoms with van der Waals surface area (Å²) < 4.78 is 4.58. The van der Waals surface area contributed by atoms with Gasteiger partial charge in [-0.15, -0.1) is 0 Å². The fourth-order valence-corrected chi connectivity index (χ4v) is 2.06. The molecule has 0 fully saturated rings. The molecule has 0 radical (unpaired) electrons. The zero-order valence-corrected chi connectivity index (χ0v) is 10.4. The Morgan fingerprint density at radius 3 is 2.78 bits per heavy atom. The number of amides is 1. The number of hydrogen-bond donors (Lipinski definition) is 1. The van der Waals surface area contributed by atoms with Crippen LogP contribution in [0.2, 0.25) is 0 Å². The van der Waals surface area contributed by atoms with Crippen molar-refractivity contribution in [2.24, 2.45) is 0 Å². The van der Waals surface area contributed by atoms with E-state index in [-0.39, 0.29) is 0 Å². The zero-order valence-electron chi connectivity index (χ0n) is 10.4. The maximum atomic E-state index is 11.1. The number of benzene rings is 1. The summed E-state index contributed by atoms with van der Waals surface area (Å²) in [6.45, 7) is 0.487. The van der Waals surface area contributed by atoms with Gasteiger partial charge in [-0.2, -0.15) is 0 Å². The second kappa shape index (κ2) is 6.05. The Morgan fingerprint density at radius 1 is 1.33 bits per heavy atom. The Bertz CT molecular complexity index is 465. The topological polar surface area (TPSA) is 38.3 Å². The minimum atomic E-state index is -0.403. The van der Waals surface area contributed by atoms with Gasteiger partial charge in [0.25, 0.3) is 0 Å². The Balaban J connectivity index is 2.14. The predicted molar refractivity (Wildman–Crippen MR) is 71.3 cm³/mol. The van der Waals surface area contributed by atoms with E-state index < -0.39 is 6.09 Å². The lowest BCUT2D eigenvalue weighted by molar-refractivity contribution is 0.170. The average Bonchev–Trinajstić information content (AvgIpc) is 2.46. The largest absolute Gasteiger partial charge is 0.453 e. The van der Waals surface area contributed by atoms with Crippen molar-refractivity contribution in [1.29, 1.82) is 0 Å². The van der Waals surface area contributed by atoms with Crippen molar-refractivity contribution in [2.75, 3.05) is 7.11 Å².